The van der Waals surface area contributed by atoms with Crippen LogP contribution in [0.4, 0.5) is 4.39 Å². The zero-order valence-electron chi connectivity index (χ0n) is 15.3. The minimum absolute atomic E-state index is 0.142. The number of carbonyl (C=O) groups excluding carboxylic acids is 2. The van der Waals surface area contributed by atoms with Gasteiger partial charge >= 0.3 is 5.97 Å². The summed E-state index contributed by atoms with van der Waals surface area (Å²) in [5.41, 5.74) is -0.142. The Kier molecular flexibility index (Phi) is 7.28. The van der Waals surface area contributed by atoms with E-state index in [-0.39, 0.29) is 24.6 Å². The molecule has 0 N–H and O–H groups in total. The second kappa shape index (κ2) is 9.25. The maximum Gasteiger partial charge on any atom is 0.338 e. The summed E-state index contributed by atoms with van der Waals surface area (Å²) in [6.45, 7) is 4.80. The smallest absolute Gasteiger partial charge is 0.338 e. The summed E-state index contributed by atoms with van der Waals surface area (Å²) in [5, 5.41) is 0. The Bertz CT molecular complexity index is 789. The molecule has 1 aromatic carbocycles. The number of carbonyl (C=O) groups is 2. The monoisotopic (exact) mass is 402 g/mol. The van der Waals surface area contributed by atoms with Gasteiger partial charge in [-0.1, -0.05) is 13.8 Å². The highest BCUT2D eigenvalue weighted by Crippen LogP contribution is 2.21. The highest BCUT2D eigenvalue weighted by molar-refractivity contribution is 7.89. The van der Waals surface area contributed by atoms with E-state index in [1.807, 2.05) is 0 Å². The molecule has 0 atom stereocenters. The van der Waals surface area contributed by atoms with Crippen LogP contribution in [0.1, 0.15) is 24.2 Å². The van der Waals surface area contributed by atoms with E-state index in [2.05, 4.69) is 0 Å². The standard InChI is InChI=1S/C17H23FN2O6S/c1-3-20(4-2)27(23,24)15-11-13(5-6-14(15)18)17(22)26-12-16(21)19-7-9-25-10-8-19/h5-6,11H,3-4,7-10,12H2,1-2H3. The van der Waals surface area contributed by atoms with Crippen molar-refractivity contribution in [1.29, 1.82) is 0 Å². The van der Waals surface area contributed by atoms with E-state index in [9.17, 15) is 22.4 Å². The zero-order valence-corrected chi connectivity index (χ0v) is 16.1. The third-order valence-electron chi connectivity index (χ3n) is 4.18. The van der Waals surface area contributed by atoms with Crippen molar-refractivity contribution in [1.82, 2.24) is 9.21 Å². The second-order valence-electron chi connectivity index (χ2n) is 5.80. The third kappa shape index (κ3) is 5.02. The molecule has 150 valence electrons. The van der Waals surface area contributed by atoms with Gasteiger partial charge in [0.05, 0.1) is 18.8 Å². The van der Waals surface area contributed by atoms with Crippen LogP contribution in [0.5, 0.6) is 0 Å². The summed E-state index contributed by atoms with van der Waals surface area (Å²) in [7, 11) is -4.07. The number of nitrogens with zero attached hydrogens (tertiary/aromatic N) is 2. The Morgan fingerprint density at radius 1 is 1.22 bits per heavy atom. The van der Waals surface area contributed by atoms with Crippen molar-refractivity contribution in [3.05, 3.63) is 29.6 Å². The summed E-state index contributed by atoms with van der Waals surface area (Å²) in [4.78, 5) is 25.1. The normalized spacial score (nSPS) is 15.0. The van der Waals surface area contributed by atoms with E-state index in [1.165, 1.54) is 4.90 Å². The molecule has 1 saturated heterocycles. The van der Waals surface area contributed by atoms with Gasteiger partial charge in [-0.15, -0.1) is 0 Å². The van der Waals surface area contributed by atoms with E-state index in [4.69, 9.17) is 9.47 Å². The first-order valence-corrected chi connectivity index (χ1v) is 10.1. The summed E-state index contributed by atoms with van der Waals surface area (Å²) >= 11 is 0. The fourth-order valence-electron chi connectivity index (χ4n) is 2.65. The lowest BCUT2D eigenvalue weighted by atomic mass is 10.2. The van der Waals surface area contributed by atoms with Crippen molar-refractivity contribution in [2.75, 3.05) is 46.0 Å². The Labute approximate surface area is 157 Å². The van der Waals surface area contributed by atoms with Crippen molar-refractivity contribution >= 4 is 21.9 Å². The number of hydrogen-bond donors (Lipinski definition) is 0. The minimum Gasteiger partial charge on any atom is -0.452 e. The van der Waals surface area contributed by atoms with Crippen molar-refractivity contribution in [2.45, 2.75) is 18.7 Å². The first-order chi connectivity index (χ1) is 12.8. The van der Waals surface area contributed by atoms with Gasteiger partial charge in [0, 0.05) is 26.2 Å². The molecule has 0 aromatic heterocycles. The molecular formula is C17H23FN2O6S. The number of rotatable bonds is 7. The quantitative estimate of drug-likeness (QED) is 0.629. The molecule has 2 rings (SSSR count). The van der Waals surface area contributed by atoms with Crippen LogP contribution in [0.2, 0.25) is 0 Å². The highest BCUT2D eigenvalue weighted by Gasteiger charge is 2.27. The first kappa shape index (κ1) is 21.3. The van der Waals surface area contributed by atoms with Crippen molar-refractivity contribution in [3.8, 4) is 0 Å². The molecule has 0 aliphatic carbocycles. The van der Waals surface area contributed by atoms with Gasteiger partial charge in [-0.25, -0.2) is 17.6 Å². The summed E-state index contributed by atoms with van der Waals surface area (Å²) in [5.74, 6) is -2.22. The predicted octanol–water partition coefficient (Wildman–Crippen LogP) is 0.872. The Morgan fingerprint density at radius 2 is 1.85 bits per heavy atom. The van der Waals surface area contributed by atoms with E-state index >= 15 is 0 Å². The molecule has 1 aliphatic rings. The molecule has 0 radical (unpaired) electrons. The molecule has 1 fully saturated rings. The second-order valence-corrected chi connectivity index (χ2v) is 7.71. The molecular weight excluding hydrogens is 379 g/mol. The van der Waals surface area contributed by atoms with Gasteiger partial charge in [0.1, 0.15) is 10.7 Å². The average Bonchev–Trinajstić information content (AvgIpc) is 2.67. The van der Waals surface area contributed by atoms with Gasteiger partial charge in [0.15, 0.2) is 6.61 Å². The van der Waals surface area contributed by atoms with Gasteiger partial charge in [0.2, 0.25) is 10.0 Å². The predicted molar refractivity (Wildman–Crippen MR) is 94.2 cm³/mol. The van der Waals surface area contributed by atoms with Crippen LogP contribution < -0.4 is 0 Å². The fraction of sp³-hybridized carbons (Fsp3) is 0.529. The molecule has 1 aliphatic heterocycles. The maximum atomic E-state index is 14.1. The molecule has 10 heteroatoms. The number of morpholine rings is 1. The van der Waals surface area contributed by atoms with Gasteiger partial charge in [-0.2, -0.15) is 4.31 Å². The molecule has 0 unspecified atom stereocenters. The van der Waals surface area contributed by atoms with Crippen LogP contribution in [0.3, 0.4) is 0 Å². The zero-order chi connectivity index (χ0) is 20.0. The summed E-state index contributed by atoms with van der Waals surface area (Å²) < 4.78 is 50.3. The number of ether oxygens (including phenoxy) is 2. The SMILES string of the molecule is CCN(CC)S(=O)(=O)c1cc(C(=O)OCC(=O)N2CCOCC2)ccc1F. The van der Waals surface area contributed by atoms with Crippen molar-refractivity contribution in [2.24, 2.45) is 0 Å². The van der Waals surface area contributed by atoms with E-state index in [0.717, 1.165) is 22.5 Å². The summed E-state index contributed by atoms with van der Waals surface area (Å²) in [6.07, 6.45) is 0. The van der Waals surface area contributed by atoms with Crippen molar-refractivity contribution < 1.29 is 31.9 Å². The van der Waals surface area contributed by atoms with Gasteiger partial charge in [-0.05, 0) is 18.2 Å². The fourth-order valence-corrected chi connectivity index (χ4v) is 4.19. The number of hydrogen-bond acceptors (Lipinski definition) is 6. The Hall–Kier alpha value is -2.04. The highest BCUT2D eigenvalue weighted by atomic mass is 32.2. The molecule has 27 heavy (non-hydrogen) atoms. The van der Waals surface area contributed by atoms with Gasteiger partial charge < -0.3 is 14.4 Å². The minimum atomic E-state index is -4.07. The van der Waals surface area contributed by atoms with Gasteiger partial charge in [-0.3, -0.25) is 4.79 Å². The largest absolute Gasteiger partial charge is 0.452 e. The molecule has 0 bridgehead atoms. The third-order valence-corrected chi connectivity index (χ3v) is 6.25. The lowest BCUT2D eigenvalue weighted by Gasteiger charge is -2.26. The number of amides is 1. The van der Waals surface area contributed by atoms with Crippen LogP contribution >= 0.6 is 0 Å². The molecule has 0 saturated carbocycles. The Balaban J connectivity index is 2.12. The summed E-state index contributed by atoms with van der Waals surface area (Å²) in [6, 6.07) is 2.96. The van der Waals surface area contributed by atoms with Crippen LogP contribution in [-0.2, 0) is 24.3 Å². The average molecular weight is 402 g/mol. The lowest BCUT2D eigenvalue weighted by molar-refractivity contribution is -0.138. The van der Waals surface area contributed by atoms with Crippen LogP contribution in [0.15, 0.2) is 23.1 Å². The number of esters is 1. The molecule has 1 amide bonds. The number of halogens is 1. The Morgan fingerprint density at radius 3 is 2.44 bits per heavy atom. The van der Waals surface area contributed by atoms with E-state index in [0.29, 0.717) is 26.3 Å². The molecule has 8 nitrogen and oxygen atoms in total. The van der Waals surface area contributed by atoms with Gasteiger partial charge in [0.25, 0.3) is 5.91 Å². The lowest BCUT2D eigenvalue weighted by Crippen LogP contribution is -2.42. The molecule has 1 heterocycles. The maximum absolute atomic E-state index is 14.1. The molecule has 1 aromatic rings. The van der Waals surface area contributed by atoms with Crippen molar-refractivity contribution in [3.63, 3.8) is 0 Å². The van der Waals surface area contributed by atoms with E-state index < -0.39 is 33.3 Å². The topological polar surface area (TPSA) is 93.2 Å². The van der Waals surface area contributed by atoms with Crippen LogP contribution in [-0.4, -0.2) is 75.5 Å². The number of sulfonamides is 1. The molecule has 0 spiro atoms. The van der Waals surface area contributed by atoms with E-state index in [1.54, 1.807) is 13.8 Å². The number of benzene rings is 1. The van der Waals surface area contributed by atoms with Crippen LogP contribution in [0.25, 0.3) is 0 Å². The van der Waals surface area contributed by atoms with Crippen LogP contribution in [0, 0.1) is 5.82 Å². The first-order valence-electron chi connectivity index (χ1n) is 8.63.